The minimum Gasteiger partial charge on any atom is -0.372 e. The van der Waals surface area contributed by atoms with Gasteiger partial charge in [-0.25, -0.2) is 0 Å². The topological polar surface area (TPSA) is 72.7 Å². The van der Waals surface area contributed by atoms with Gasteiger partial charge in [-0.05, 0) is 26.0 Å². The maximum absolute atomic E-state index is 11.1. The van der Waals surface area contributed by atoms with Gasteiger partial charge in [0.2, 0.25) is 0 Å². The summed E-state index contributed by atoms with van der Waals surface area (Å²) in [5, 5.41) is 11.1. The predicted molar refractivity (Wildman–Crippen MR) is 70.7 cm³/mol. The van der Waals surface area contributed by atoms with Gasteiger partial charge in [0.1, 0.15) is 12.0 Å². The van der Waals surface area contributed by atoms with Crippen LogP contribution in [0.4, 0.5) is 11.4 Å². The molecule has 0 aliphatic carbocycles. The second-order valence-electron chi connectivity index (χ2n) is 4.79. The van der Waals surface area contributed by atoms with Crippen LogP contribution >= 0.6 is 0 Å². The Morgan fingerprint density at radius 1 is 1.37 bits per heavy atom. The molecule has 0 spiro atoms. The second kappa shape index (κ2) is 5.36. The first kappa shape index (κ1) is 13.5. The molecule has 1 aliphatic rings. The van der Waals surface area contributed by atoms with Gasteiger partial charge in [0.15, 0.2) is 0 Å². The van der Waals surface area contributed by atoms with E-state index in [2.05, 4.69) is 0 Å². The number of nitrogens with zero attached hydrogens (tertiary/aromatic N) is 2. The van der Waals surface area contributed by atoms with Gasteiger partial charge in [-0.1, -0.05) is 0 Å². The van der Waals surface area contributed by atoms with Crippen LogP contribution in [-0.4, -0.2) is 36.5 Å². The lowest BCUT2D eigenvalue weighted by Crippen LogP contribution is -2.45. The molecule has 0 amide bonds. The van der Waals surface area contributed by atoms with Gasteiger partial charge in [-0.2, -0.15) is 0 Å². The van der Waals surface area contributed by atoms with Crippen molar-refractivity contribution in [2.45, 2.75) is 26.1 Å². The fraction of sp³-hybridized carbons (Fsp3) is 0.462. The van der Waals surface area contributed by atoms with Gasteiger partial charge >= 0.3 is 0 Å². The second-order valence-corrected chi connectivity index (χ2v) is 4.79. The number of carbonyl (C=O) groups is 1. The van der Waals surface area contributed by atoms with E-state index in [-0.39, 0.29) is 17.9 Å². The van der Waals surface area contributed by atoms with E-state index in [0.29, 0.717) is 30.6 Å². The molecule has 6 nitrogen and oxygen atoms in total. The van der Waals surface area contributed by atoms with Crippen LogP contribution < -0.4 is 4.90 Å². The number of hydrogen-bond donors (Lipinski definition) is 0. The summed E-state index contributed by atoms with van der Waals surface area (Å²) < 4.78 is 5.62. The van der Waals surface area contributed by atoms with Crippen LogP contribution in [-0.2, 0) is 4.74 Å². The molecule has 0 radical (unpaired) electrons. The molecule has 1 aliphatic heterocycles. The van der Waals surface area contributed by atoms with Gasteiger partial charge in [0.05, 0.1) is 17.1 Å². The normalized spacial score (nSPS) is 23.2. The third-order valence-corrected chi connectivity index (χ3v) is 3.09. The molecule has 0 saturated carbocycles. The van der Waals surface area contributed by atoms with E-state index < -0.39 is 4.92 Å². The van der Waals surface area contributed by atoms with Crippen LogP contribution in [0.5, 0.6) is 0 Å². The van der Waals surface area contributed by atoms with Crippen molar-refractivity contribution in [3.63, 3.8) is 0 Å². The lowest BCUT2D eigenvalue weighted by molar-refractivity contribution is -0.384. The van der Waals surface area contributed by atoms with Crippen molar-refractivity contribution >= 4 is 17.7 Å². The van der Waals surface area contributed by atoms with E-state index in [0.717, 1.165) is 0 Å². The van der Waals surface area contributed by atoms with E-state index in [1.807, 2.05) is 18.7 Å². The minimum atomic E-state index is -0.451. The summed E-state index contributed by atoms with van der Waals surface area (Å²) >= 11 is 0. The van der Waals surface area contributed by atoms with Crippen molar-refractivity contribution in [1.29, 1.82) is 0 Å². The zero-order valence-corrected chi connectivity index (χ0v) is 10.9. The molecule has 2 atom stereocenters. The first-order chi connectivity index (χ1) is 9.01. The predicted octanol–water partition coefficient (Wildman–Crippen LogP) is 2.02. The van der Waals surface area contributed by atoms with E-state index in [4.69, 9.17) is 4.74 Å². The molecule has 1 saturated heterocycles. The smallest absolute Gasteiger partial charge is 0.293 e. The summed E-state index contributed by atoms with van der Waals surface area (Å²) in [5.41, 5.74) is 0.813. The van der Waals surface area contributed by atoms with Crippen LogP contribution in [0.15, 0.2) is 18.2 Å². The summed E-state index contributed by atoms with van der Waals surface area (Å²) in [6.07, 6.45) is 0.657. The van der Waals surface area contributed by atoms with E-state index in [1.165, 1.54) is 6.07 Å². The molecule has 1 aromatic carbocycles. The van der Waals surface area contributed by atoms with E-state index >= 15 is 0 Å². The van der Waals surface area contributed by atoms with Gasteiger partial charge in [0.25, 0.3) is 5.69 Å². The Morgan fingerprint density at radius 3 is 2.53 bits per heavy atom. The van der Waals surface area contributed by atoms with Crippen molar-refractivity contribution < 1.29 is 14.5 Å². The monoisotopic (exact) mass is 264 g/mol. The lowest BCUT2D eigenvalue weighted by atomic mass is 10.1. The van der Waals surface area contributed by atoms with Crippen molar-refractivity contribution in [1.82, 2.24) is 0 Å². The van der Waals surface area contributed by atoms with Crippen LogP contribution in [0.2, 0.25) is 0 Å². The molecule has 0 unspecified atom stereocenters. The summed E-state index contributed by atoms with van der Waals surface area (Å²) in [4.78, 5) is 23.3. The zero-order valence-electron chi connectivity index (χ0n) is 10.9. The quantitative estimate of drug-likeness (QED) is 0.474. The molecule has 2 rings (SSSR count). The highest BCUT2D eigenvalue weighted by Gasteiger charge is 2.27. The average Bonchev–Trinajstić information content (AvgIpc) is 2.36. The van der Waals surface area contributed by atoms with Crippen LogP contribution in [0.1, 0.15) is 24.2 Å². The molecule has 0 bridgehead atoms. The highest BCUT2D eigenvalue weighted by atomic mass is 16.6. The molecule has 0 N–H and O–H groups in total. The number of benzene rings is 1. The Bertz CT molecular complexity index is 493. The number of morpholine rings is 1. The maximum Gasteiger partial charge on any atom is 0.293 e. The lowest BCUT2D eigenvalue weighted by Gasteiger charge is -2.36. The number of aldehydes is 1. The van der Waals surface area contributed by atoms with Crippen molar-refractivity contribution in [3.8, 4) is 0 Å². The van der Waals surface area contributed by atoms with E-state index in [1.54, 1.807) is 12.1 Å². The molecule has 0 aromatic heterocycles. The third-order valence-electron chi connectivity index (χ3n) is 3.09. The van der Waals surface area contributed by atoms with Crippen molar-refractivity contribution in [2.24, 2.45) is 0 Å². The van der Waals surface area contributed by atoms with Crippen LogP contribution in [0.25, 0.3) is 0 Å². The summed E-state index contributed by atoms with van der Waals surface area (Å²) in [6.45, 7) is 5.08. The third kappa shape index (κ3) is 2.90. The molecule has 1 fully saturated rings. The number of ether oxygens (including phenoxy) is 1. The summed E-state index contributed by atoms with van der Waals surface area (Å²) in [5.74, 6) is 0. The van der Waals surface area contributed by atoms with Crippen molar-refractivity contribution in [2.75, 3.05) is 18.0 Å². The number of nitro benzene ring substituents is 1. The van der Waals surface area contributed by atoms with Gasteiger partial charge in [-0.15, -0.1) is 0 Å². The summed E-state index contributed by atoms with van der Waals surface area (Å²) in [6, 6.07) is 4.54. The SMILES string of the molecule is C[C@@H]1CN(c2ccc(C=O)cc2[N+](=O)[O-])C[C@H](C)O1. The van der Waals surface area contributed by atoms with Gasteiger partial charge in [0, 0.05) is 24.7 Å². The molecular weight excluding hydrogens is 248 g/mol. The van der Waals surface area contributed by atoms with E-state index in [9.17, 15) is 14.9 Å². The van der Waals surface area contributed by atoms with Gasteiger partial charge in [-0.3, -0.25) is 14.9 Å². The Morgan fingerprint density at radius 2 is 2.00 bits per heavy atom. The fourth-order valence-corrected chi connectivity index (χ4v) is 2.40. The largest absolute Gasteiger partial charge is 0.372 e. The highest BCUT2D eigenvalue weighted by Crippen LogP contribution is 2.31. The molecule has 19 heavy (non-hydrogen) atoms. The first-order valence-corrected chi connectivity index (χ1v) is 6.15. The summed E-state index contributed by atoms with van der Waals surface area (Å²) in [7, 11) is 0. The molecular formula is C13H16N2O4. The maximum atomic E-state index is 11.1. The molecule has 6 heteroatoms. The molecule has 1 aromatic rings. The van der Waals surface area contributed by atoms with Gasteiger partial charge < -0.3 is 9.64 Å². The fourth-order valence-electron chi connectivity index (χ4n) is 2.40. The Kier molecular flexibility index (Phi) is 3.80. The Balaban J connectivity index is 2.38. The number of carbonyl (C=O) groups excluding carboxylic acids is 1. The first-order valence-electron chi connectivity index (χ1n) is 6.15. The number of anilines is 1. The Labute approximate surface area is 111 Å². The Hall–Kier alpha value is -1.95. The van der Waals surface area contributed by atoms with Crippen LogP contribution in [0.3, 0.4) is 0 Å². The van der Waals surface area contributed by atoms with Crippen LogP contribution in [0, 0.1) is 10.1 Å². The minimum absolute atomic E-state index is 0.0223. The number of nitro groups is 1. The zero-order chi connectivity index (χ0) is 14.0. The standard InChI is InChI=1S/C13H16N2O4/c1-9-6-14(7-10(2)19-9)12-4-3-11(8-16)5-13(12)15(17)18/h3-5,8-10H,6-7H2,1-2H3/t9-,10+. The molecule has 1 heterocycles. The number of hydrogen-bond acceptors (Lipinski definition) is 5. The number of rotatable bonds is 3. The average molecular weight is 264 g/mol. The highest BCUT2D eigenvalue weighted by molar-refractivity contribution is 5.79. The molecule has 102 valence electrons. The van der Waals surface area contributed by atoms with Crippen molar-refractivity contribution in [3.05, 3.63) is 33.9 Å².